The molecule has 11 heteroatoms. The molecule has 3 atom stereocenters. The van der Waals surface area contributed by atoms with Crippen molar-refractivity contribution in [3.63, 3.8) is 0 Å². The highest BCUT2D eigenvalue weighted by atomic mass is 35.5. The predicted molar refractivity (Wildman–Crippen MR) is 130 cm³/mol. The number of carbonyl (C=O) groups is 1. The number of amides is 2. The number of fused-ring (bicyclic) bond motifs is 1. The number of rotatable bonds is 6. The Labute approximate surface area is 203 Å². The van der Waals surface area contributed by atoms with Crippen LogP contribution in [-0.2, 0) is 0 Å². The molecule has 3 N–H and O–H groups in total. The van der Waals surface area contributed by atoms with Crippen LogP contribution >= 0.6 is 11.6 Å². The summed E-state index contributed by atoms with van der Waals surface area (Å²) in [6, 6.07) is 3.21. The number of nitrogens with zero attached hydrogens (tertiary/aromatic N) is 5. The summed E-state index contributed by atoms with van der Waals surface area (Å²) < 4.78 is 5.26. The lowest BCUT2D eigenvalue weighted by molar-refractivity contribution is 0.229. The first-order valence-corrected chi connectivity index (χ1v) is 11.7. The molecule has 1 aromatic heterocycles. The van der Waals surface area contributed by atoms with Crippen molar-refractivity contribution in [3.05, 3.63) is 34.1 Å². The minimum atomic E-state index is -0.920. The summed E-state index contributed by atoms with van der Waals surface area (Å²) in [7, 11) is 3.35. The van der Waals surface area contributed by atoms with Crippen LogP contribution in [0.25, 0.3) is 6.08 Å². The van der Waals surface area contributed by atoms with E-state index in [9.17, 15) is 9.90 Å². The number of benzene rings is 1. The van der Waals surface area contributed by atoms with E-state index in [0.717, 1.165) is 24.1 Å². The van der Waals surface area contributed by atoms with Gasteiger partial charge in [0.15, 0.2) is 0 Å². The lowest BCUT2D eigenvalue weighted by atomic mass is 9.98. The van der Waals surface area contributed by atoms with Crippen LogP contribution in [0, 0.1) is 12.8 Å². The fraction of sp³-hybridized carbons (Fsp3) is 0.478. The van der Waals surface area contributed by atoms with Gasteiger partial charge in [-0.15, -0.1) is 0 Å². The maximum Gasteiger partial charge on any atom is 0.327 e. The van der Waals surface area contributed by atoms with E-state index in [4.69, 9.17) is 16.3 Å². The van der Waals surface area contributed by atoms with Gasteiger partial charge in [-0.05, 0) is 50.3 Å². The van der Waals surface area contributed by atoms with Gasteiger partial charge in [0.25, 0.3) is 0 Å². The zero-order valence-electron chi connectivity index (χ0n) is 19.5. The lowest BCUT2D eigenvalue weighted by Crippen LogP contribution is -2.38. The summed E-state index contributed by atoms with van der Waals surface area (Å²) in [6.45, 7) is 4.36. The first-order valence-electron chi connectivity index (χ1n) is 11.3. The quantitative estimate of drug-likeness (QED) is 0.571. The third kappa shape index (κ3) is 4.12. The molecule has 0 bridgehead atoms. The summed E-state index contributed by atoms with van der Waals surface area (Å²) in [6.07, 6.45) is 3.20. The smallest absolute Gasteiger partial charge is 0.327 e. The Hall–Kier alpha value is -3.11. The fourth-order valence-electron chi connectivity index (χ4n) is 4.58. The van der Waals surface area contributed by atoms with Crippen LogP contribution in [0.3, 0.4) is 0 Å². The van der Waals surface area contributed by atoms with Crippen LogP contribution in [0.4, 0.5) is 22.4 Å². The van der Waals surface area contributed by atoms with E-state index < -0.39 is 6.23 Å². The number of urea groups is 1. The molecule has 3 heterocycles. The van der Waals surface area contributed by atoms with Crippen LogP contribution in [-0.4, -0.2) is 70.0 Å². The van der Waals surface area contributed by atoms with Crippen molar-refractivity contribution in [1.82, 2.24) is 19.9 Å². The monoisotopic (exact) mass is 485 g/mol. The van der Waals surface area contributed by atoms with E-state index >= 15 is 0 Å². The molecule has 10 nitrogen and oxygen atoms in total. The number of aromatic nitrogens is 3. The molecule has 0 radical (unpaired) electrons. The van der Waals surface area contributed by atoms with Gasteiger partial charge in [0, 0.05) is 30.9 Å². The highest BCUT2D eigenvalue weighted by Crippen LogP contribution is 2.40. The van der Waals surface area contributed by atoms with E-state index in [1.807, 2.05) is 13.0 Å². The number of aliphatic hydroxyl groups is 1. The number of methoxy groups -OCH3 is 1. The first-order chi connectivity index (χ1) is 16.2. The molecule has 180 valence electrons. The number of halogens is 1. The van der Waals surface area contributed by atoms with Gasteiger partial charge in [-0.3, -0.25) is 4.90 Å². The minimum Gasteiger partial charge on any atom is -0.495 e. The molecular formula is C23H28ClN7O3. The Balaban J connectivity index is 1.41. The number of hydrogen-bond acceptors (Lipinski definition) is 8. The zero-order chi connectivity index (χ0) is 24.1. The minimum absolute atomic E-state index is 0.0786. The lowest BCUT2D eigenvalue weighted by Gasteiger charge is -2.29. The molecule has 1 unspecified atom stereocenters. The normalized spacial score (nSPS) is 22.8. The number of anilines is 3. The van der Waals surface area contributed by atoms with Gasteiger partial charge in [0.2, 0.25) is 11.9 Å². The zero-order valence-corrected chi connectivity index (χ0v) is 20.3. The molecule has 1 aromatic carbocycles. The summed E-state index contributed by atoms with van der Waals surface area (Å²) in [4.78, 5) is 29.7. The number of carbonyl (C=O) groups excluding carboxylic acids is 1. The SMILES string of the molecule is COc1cc2c(cc1Cl)C=C([C@H](C)Nc1nc(C)nc(N3C(=O)N(C)C[C@@H]3C3CC3)n1)C(O)N2. The number of aryl methyl sites for hydroxylation is 1. The van der Waals surface area contributed by atoms with Gasteiger partial charge in [0.05, 0.1) is 24.2 Å². The highest BCUT2D eigenvalue weighted by Gasteiger charge is 2.46. The van der Waals surface area contributed by atoms with E-state index in [0.29, 0.717) is 46.5 Å². The van der Waals surface area contributed by atoms with Gasteiger partial charge in [-0.25, -0.2) is 4.79 Å². The molecule has 2 aliphatic heterocycles. The van der Waals surface area contributed by atoms with Crippen LogP contribution in [0.2, 0.25) is 5.02 Å². The third-order valence-electron chi connectivity index (χ3n) is 6.54. The predicted octanol–water partition coefficient (Wildman–Crippen LogP) is 3.12. The molecule has 3 aliphatic rings. The molecule has 0 spiro atoms. The second-order valence-electron chi connectivity index (χ2n) is 9.08. The van der Waals surface area contributed by atoms with E-state index in [2.05, 4.69) is 25.6 Å². The van der Waals surface area contributed by atoms with Gasteiger partial charge in [-0.1, -0.05) is 11.6 Å². The maximum atomic E-state index is 12.8. The Morgan fingerprint density at radius 3 is 2.76 bits per heavy atom. The summed E-state index contributed by atoms with van der Waals surface area (Å²) >= 11 is 6.29. The summed E-state index contributed by atoms with van der Waals surface area (Å²) in [5.74, 6) is 2.23. The maximum absolute atomic E-state index is 12.8. The van der Waals surface area contributed by atoms with Crippen molar-refractivity contribution in [2.75, 3.05) is 36.2 Å². The Kier molecular flexibility index (Phi) is 5.73. The van der Waals surface area contributed by atoms with Gasteiger partial charge < -0.3 is 25.4 Å². The van der Waals surface area contributed by atoms with Crippen LogP contribution in [0.5, 0.6) is 5.75 Å². The molecule has 1 saturated heterocycles. The van der Waals surface area contributed by atoms with Crippen molar-refractivity contribution in [2.24, 2.45) is 5.92 Å². The molecule has 1 saturated carbocycles. The molecule has 34 heavy (non-hydrogen) atoms. The van der Waals surface area contributed by atoms with Crippen LogP contribution < -0.4 is 20.3 Å². The van der Waals surface area contributed by atoms with Gasteiger partial charge >= 0.3 is 6.03 Å². The molecular weight excluding hydrogens is 458 g/mol. The van der Waals surface area contributed by atoms with Crippen LogP contribution in [0.1, 0.15) is 31.2 Å². The largest absolute Gasteiger partial charge is 0.495 e. The van der Waals surface area contributed by atoms with Crippen molar-refractivity contribution in [1.29, 1.82) is 0 Å². The Morgan fingerprint density at radius 2 is 2.06 bits per heavy atom. The first kappa shape index (κ1) is 22.7. The average Bonchev–Trinajstić information content (AvgIpc) is 3.58. The average molecular weight is 486 g/mol. The number of ether oxygens (including phenoxy) is 1. The van der Waals surface area contributed by atoms with Gasteiger partial charge in [-0.2, -0.15) is 15.0 Å². The standard InChI is InChI=1S/C23H28ClN7O3/c1-11(15-7-14-8-16(24)19(34-4)9-17(14)28-20(15)32)25-21-26-12(2)27-22(29-21)31-18(13-5-6-13)10-30(3)23(31)33/h7-9,11,13,18,20,28,32H,5-6,10H2,1-4H3,(H,25,26,27,29)/t11-,18+,20?/m0/s1. The van der Waals surface area contributed by atoms with Gasteiger partial charge in [0.1, 0.15) is 17.8 Å². The number of nitrogens with one attached hydrogen (secondary N) is 2. The molecule has 1 aliphatic carbocycles. The van der Waals surface area contributed by atoms with Crippen molar-refractivity contribution in [3.8, 4) is 5.75 Å². The van der Waals surface area contributed by atoms with Crippen LogP contribution in [0.15, 0.2) is 17.7 Å². The second-order valence-corrected chi connectivity index (χ2v) is 9.48. The van der Waals surface area contributed by atoms with E-state index in [1.54, 1.807) is 43.0 Å². The van der Waals surface area contributed by atoms with Crippen molar-refractivity contribution < 1.29 is 14.6 Å². The second kappa shape index (κ2) is 8.59. The molecule has 2 aromatic rings. The Bertz CT molecular complexity index is 1170. The van der Waals surface area contributed by atoms with Crippen molar-refractivity contribution in [2.45, 2.75) is 45.0 Å². The Morgan fingerprint density at radius 1 is 1.29 bits per heavy atom. The molecule has 5 rings (SSSR count). The van der Waals surface area contributed by atoms with E-state index in [1.165, 1.54) is 0 Å². The molecule has 2 fully saturated rings. The van der Waals surface area contributed by atoms with Crippen molar-refractivity contribution >= 4 is 41.3 Å². The van der Waals surface area contributed by atoms with E-state index in [-0.39, 0.29) is 18.1 Å². The third-order valence-corrected chi connectivity index (χ3v) is 6.84. The number of likely N-dealkylation sites (N-methyl/N-ethyl adjacent to an activating group) is 1. The highest BCUT2D eigenvalue weighted by molar-refractivity contribution is 6.32. The topological polar surface area (TPSA) is 116 Å². The summed E-state index contributed by atoms with van der Waals surface area (Å²) in [5, 5.41) is 17.6. The number of hydrogen-bond donors (Lipinski definition) is 3. The molecule has 2 amide bonds. The number of aliphatic hydroxyl groups excluding tert-OH is 1. The summed E-state index contributed by atoms with van der Waals surface area (Å²) in [5.41, 5.74) is 2.26. The fourth-order valence-corrected chi connectivity index (χ4v) is 4.83.